The Morgan fingerprint density at radius 2 is 2.13 bits per heavy atom. The summed E-state index contributed by atoms with van der Waals surface area (Å²) in [6.45, 7) is 2.25. The van der Waals surface area contributed by atoms with Crippen LogP contribution in [0.3, 0.4) is 0 Å². The second kappa shape index (κ2) is 2.68. The monoisotopic (exact) mass is 205 g/mol. The number of fused-ring (bicyclic) bond motifs is 1. The van der Waals surface area contributed by atoms with E-state index < -0.39 is 0 Å². The first-order chi connectivity index (χ1) is 7.18. The molecule has 1 aliphatic carbocycles. The molecule has 5 heteroatoms. The maximum atomic E-state index is 11.7. The van der Waals surface area contributed by atoms with Crippen LogP contribution in [0.15, 0.2) is 6.20 Å². The lowest BCUT2D eigenvalue weighted by Crippen LogP contribution is -2.32. The Morgan fingerprint density at radius 3 is 2.67 bits per heavy atom. The van der Waals surface area contributed by atoms with E-state index in [0.29, 0.717) is 6.54 Å². The Morgan fingerprint density at radius 1 is 1.47 bits per heavy atom. The van der Waals surface area contributed by atoms with E-state index >= 15 is 0 Å². The minimum absolute atomic E-state index is 0.00870. The number of hydrogen-bond acceptors (Lipinski definition) is 3. The minimum atomic E-state index is -0.00953. The molecular weight excluding hydrogens is 194 g/mol. The molecule has 1 aromatic rings. The van der Waals surface area contributed by atoms with E-state index in [1.165, 1.54) is 4.90 Å². The molecule has 5 nitrogen and oxygen atoms in total. The standard InChI is InChI=1S/C10H11N3O2/c1-5-6(3-11-12-5)4-13-9(14)7-2-8(7)10(13)15/h3,7-8H,2,4H2,1H3,(H,11,12). The summed E-state index contributed by atoms with van der Waals surface area (Å²) in [6.07, 6.45) is 2.43. The fraction of sp³-hybridized carbons (Fsp3) is 0.500. The number of rotatable bonds is 2. The molecule has 15 heavy (non-hydrogen) atoms. The Hall–Kier alpha value is -1.65. The van der Waals surface area contributed by atoms with Crippen molar-refractivity contribution in [2.45, 2.75) is 19.9 Å². The van der Waals surface area contributed by atoms with E-state index in [9.17, 15) is 9.59 Å². The molecular formula is C10H11N3O2. The maximum Gasteiger partial charge on any atom is 0.233 e. The predicted octanol–water partition coefficient (Wildman–Crippen LogP) is 0.223. The fourth-order valence-corrected chi connectivity index (χ4v) is 2.11. The van der Waals surface area contributed by atoms with Crippen molar-refractivity contribution in [2.24, 2.45) is 11.8 Å². The third-order valence-electron chi connectivity index (χ3n) is 3.22. The van der Waals surface area contributed by atoms with Crippen LogP contribution in [0.4, 0.5) is 0 Å². The van der Waals surface area contributed by atoms with Gasteiger partial charge < -0.3 is 0 Å². The van der Waals surface area contributed by atoms with Crippen molar-refractivity contribution in [2.75, 3.05) is 0 Å². The molecule has 1 saturated heterocycles. The highest BCUT2D eigenvalue weighted by molar-refractivity contribution is 6.08. The van der Waals surface area contributed by atoms with Gasteiger partial charge in [-0.1, -0.05) is 0 Å². The second-order valence-electron chi connectivity index (χ2n) is 4.23. The van der Waals surface area contributed by atoms with Crippen LogP contribution in [-0.4, -0.2) is 26.9 Å². The van der Waals surface area contributed by atoms with Crippen molar-refractivity contribution in [1.82, 2.24) is 15.1 Å². The lowest BCUT2D eigenvalue weighted by atomic mass is 10.2. The number of nitrogens with one attached hydrogen (secondary N) is 1. The first-order valence-electron chi connectivity index (χ1n) is 5.02. The molecule has 2 fully saturated rings. The Labute approximate surface area is 86.5 Å². The number of amides is 2. The van der Waals surface area contributed by atoms with Crippen LogP contribution < -0.4 is 0 Å². The summed E-state index contributed by atoms with van der Waals surface area (Å²) in [4.78, 5) is 24.7. The molecule has 0 spiro atoms. The summed E-state index contributed by atoms with van der Waals surface area (Å²) < 4.78 is 0. The van der Waals surface area contributed by atoms with E-state index in [2.05, 4.69) is 10.2 Å². The molecule has 1 saturated carbocycles. The Balaban J connectivity index is 1.82. The molecule has 2 aliphatic rings. The largest absolute Gasteiger partial charge is 0.283 e. The fourth-order valence-electron chi connectivity index (χ4n) is 2.11. The number of imide groups is 1. The van der Waals surface area contributed by atoms with Crippen molar-refractivity contribution in [3.8, 4) is 0 Å². The van der Waals surface area contributed by atoms with Gasteiger partial charge in [-0.2, -0.15) is 5.10 Å². The summed E-state index contributed by atoms with van der Waals surface area (Å²) in [5, 5.41) is 6.67. The van der Waals surface area contributed by atoms with Crippen molar-refractivity contribution in [3.63, 3.8) is 0 Å². The van der Waals surface area contributed by atoms with E-state index in [1.807, 2.05) is 6.92 Å². The van der Waals surface area contributed by atoms with Crippen LogP contribution in [0.2, 0.25) is 0 Å². The van der Waals surface area contributed by atoms with E-state index in [-0.39, 0.29) is 23.7 Å². The van der Waals surface area contributed by atoms with Gasteiger partial charge in [-0.25, -0.2) is 0 Å². The van der Waals surface area contributed by atoms with Gasteiger partial charge in [-0.05, 0) is 13.3 Å². The van der Waals surface area contributed by atoms with E-state index in [4.69, 9.17) is 0 Å². The average molecular weight is 205 g/mol. The van der Waals surface area contributed by atoms with Crippen LogP contribution in [0, 0.1) is 18.8 Å². The van der Waals surface area contributed by atoms with Gasteiger partial charge >= 0.3 is 0 Å². The van der Waals surface area contributed by atoms with Gasteiger partial charge in [-0.15, -0.1) is 0 Å². The van der Waals surface area contributed by atoms with Gasteiger partial charge in [-0.3, -0.25) is 19.6 Å². The topological polar surface area (TPSA) is 66.1 Å². The van der Waals surface area contributed by atoms with Gasteiger partial charge in [0, 0.05) is 11.3 Å². The molecule has 2 atom stereocenters. The number of carbonyl (C=O) groups is 2. The summed E-state index contributed by atoms with van der Waals surface area (Å²) in [5.74, 6) is -0.0365. The molecule has 1 N–H and O–H groups in total. The molecule has 0 radical (unpaired) electrons. The van der Waals surface area contributed by atoms with Gasteiger partial charge in [0.1, 0.15) is 0 Å². The van der Waals surface area contributed by atoms with Gasteiger partial charge in [0.2, 0.25) is 11.8 Å². The number of H-pyrrole nitrogens is 1. The number of carbonyl (C=O) groups excluding carboxylic acids is 2. The third kappa shape index (κ3) is 1.12. The number of piperidine rings is 1. The van der Waals surface area contributed by atoms with E-state index in [1.54, 1.807) is 6.20 Å². The molecule has 78 valence electrons. The number of aromatic nitrogens is 2. The normalized spacial score (nSPS) is 28.5. The van der Waals surface area contributed by atoms with Gasteiger partial charge in [0.05, 0.1) is 24.6 Å². The van der Waals surface area contributed by atoms with Crippen molar-refractivity contribution in [3.05, 3.63) is 17.5 Å². The Bertz CT molecular complexity index is 431. The van der Waals surface area contributed by atoms with Crippen molar-refractivity contribution in [1.29, 1.82) is 0 Å². The highest BCUT2D eigenvalue weighted by Crippen LogP contribution is 2.47. The molecule has 2 heterocycles. The molecule has 3 rings (SSSR count). The predicted molar refractivity (Wildman–Crippen MR) is 50.5 cm³/mol. The molecule has 0 bridgehead atoms. The zero-order valence-electron chi connectivity index (χ0n) is 8.36. The van der Waals surface area contributed by atoms with Crippen LogP contribution >= 0.6 is 0 Å². The highest BCUT2D eigenvalue weighted by Gasteiger charge is 2.58. The lowest BCUT2D eigenvalue weighted by molar-refractivity contribution is -0.142. The number of aryl methyl sites for hydroxylation is 1. The minimum Gasteiger partial charge on any atom is -0.283 e. The molecule has 1 aromatic heterocycles. The van der Waals surface area contributed by atoms with Crippen LogP contribution in [-0.2, 0) is 16.1 Å². The smallest absolute Gasteiger partial charge is 0.233 e. The zero-order valence-corrected chi connectivity index (χ0v) is 8.36. The zero-order chi connectivity index (χ0) is 10.6. The summed E-state index contributed by atoms with van der Waals surface area (Å²) in [7, 11) is 0. The maximum absolute atomic E-state index is 11.7. The molecule has 0 aromatic carbocycles. The summed E-state index contributed by atoms with van der Waals surface area (Å²) >= 11 is 0. The number of hydrogen-bond donors (Lipinski definition) is 1. The second-order valence-corrected chi connectivity index (χ2v) is 4.23. The summed E-state index contributed by atoms with van der Waals surface area (Å²) in [5.41, 5.74) is 1.83. The van der Waals surface area contributed by atoms with Crippen molar-refractivity contribution >= 4 is 11.8 Å². The summed E-state index contributed by atoms with van der Waals surface area (Å²) in [6, 6.07) is 0. The quantitative estimate of drug-likeness (QED) is 0.702. The van der Waals surface area contributed by atoms with Gasteiger partial charge in [0.15, 0.2) is 0 Å². The lowest BCUT2D eigenvalue weighted by Gasteiger charge is -2.15. The Kier molecular flexibility index (Phi) is 1.55. The highest BCUT2D eigenvalue weighted by atomic mass is 16.2. The first-order valence-corrected chi connectivity index (χ1v) is 5.02. The molecule has 2 amide bonds. The van der Waals surface area contributed by atoms with Crippen LogP contribution in [0.1, 0.15) is 17.7 Å². The number of nitrogens with zero attached hydrogens (tertiary/aromatic N) is 2. The molecule has 2 unspecified atom stereocenters. The molecule has 1 aliphatic heterocycles. The van der Waals surface area contributed by atoms with Crippen LogP contribution in [0.25, 0.3) is 0 Å². The average Bonchev–Trinajstić information content (AvgIpc) is 2.86. The SMILES string of the molecule is Cc1[nH]ncc1CN1C(=O)C2CC2C1=O. The van der Waals surface area contributed by atoms with E-state index in [0.717, 1.165) is 17.7 Å². The van der Waals surface area contributed by atoms with Gasteiger partial charge in [0.25, 0.3) is 0 Å². The number of aromatic amines is 1. The third-order valence-corrected chi connectivity index (χ3v) is 3.22. The van der Waals surface area contributed by atoms with Crippen molar-refractivity contribution < 1.29 is 9.59 Å². The number of likely N-dealkylation sites (tertiary alicyclic amines) is 1. The first kappa shape index (κ1) is 8.64. The van der Waals surface area contributed by atoms with Crippen LogP contribution in [0.5, 0.6) is 0 Å².